The number of carbonyl (C=O) groups excluding carboxylic acids is 1. The third kappa shape index (κ3) is 2.76. The number of benzene rings is 1. The van der Waals surface area contributed by atoms with Crippen molar-refractivity contribution >= 4 is 23.2 Å². The first kappa shape index (κ1) is 14.4. The summed E-state index contributed by atoms with van der Waals surface area (Å²) in [6, 6.07) is 7.44. The van der Waals surface area contributed by atoms with Gasteiger partial charge in [-0.15, -0.1) is 0 Å². The van der Waals surface area contributed by atoms with Gasteiger partial charge in [0.1, 0.15) is 0 Å². The molecule has 0 bridgehead atoms. The highest BCUT2D eigenvalue weighted by atomic mass is 35.5. The summed E-state index contributed by atoms with van der Waals surface area (Å²) >= 11 is 6.18. The molecule has 3 rings (SSSR count). The van der Waals surface area contributed by atoms with Crippen LogP contribution in [0.25, 0.3) is 0 Å². The van der Waals surface area contributed by atoms with Gasteiger partial charge in [-0.1, -0.05) is 35.0 Å². The molecule has 5 nitrogen and oxygen atoms in total. The Labute approximate surface area is 128 Å². The summed E-state index contributed by atoms with van der Waals surface area (Å²) in [5.41, 5.74) is 0.577. The highest BCUT2D eigenvalue weighted by Crippen LogP contribution is 2.31. The first-order valence-electron chi connectivity index (χ1n) is 6.97. The lowest BCUT2D eigenvalue weighted by molar-refractivity contribution is -0.157. The van der Waals surface area contributed by atoms with Crippen LogP contribution in [-0.2, 0) is 14.4 Å². The Kier molecular flexibility index (Phi) is 3.87. The van der Waals surface area contributed by atoms with E-state index >= 15 is 0 Å². The SMILES string of the molecule is C[C@@]1(C(=O)N2CCOCC2)CC(c2ccccc2Cl)=NO1. The number of ether oxygens (including phenoxy) is 1. The second-order valence-electron chi connectivity index (χ2n) is 5.42. The molecule has 1 atom stereocenters. The zero-order chi connectivity index (χ0) is 14.9. The molecular formula is C15H17ClN2O3. The predicted molar refractivity (Wildman–Crippen MR) is 79.5 cm³/mol. The van der Waals surface area contributed by atoms with Crippen LogP contribution in [0.15, 0.2) is 29.4 Å². The lowest BCUT2D eigenvalue weighted by atomic mass is 9.94. The molecule has 1 aromatic carbocycles. The van der Waals surface area contributed by atoms with Gasteiger partial charge in [-0.05, 0) is 13.0 Å². The van der Waals surface area contributed by atoms with Crippen LogP contribution >= 0.6 is 11.6 Å². The van der Waals surface area contributed by atoms with Crippen LogP contribution in [0.5, 0.6) is 0 Å². The summed E-state index contributed by atoms with van der Waals surface area (Å²) in [5, 5.41) is 4.70. The summed E-state index contributed by atoms with van der Waals surface area (Å²) in [5.74, 6) is -0.0448. The van der Waals surface area contributed by atoms with Crippen molar-refractivity contribution in [1.82, 2.24) is 4.90 Å². The van der Waals surface area contributed by atoms with Crippen molar-refractivity contribution in [3.8, 4) is 0 Å². The topological polar surface area (TPSA) is 51.1 Å². The molecule has 2 aliphatic rings. The summed E-state index contributed by atoms with van der Waals surface area (Å²) in [7, 11) is 0. The summed E-state index contributed by atoms with van der Waals surface area (Å²) in [6.45, 7) is 4.11. The van der Waals surface area contributed by atoms with Crippen LogP contribution in [0.4, 0.5) is 0 Å². The zero-order valence-electron chi connectivity index (χ0n) is 11.8. The molecule has 1 saturated heterocycles. The monoisotopic (exact) mass is 308 g/mol. The van der Waals surface area contributed by atoms with E-state index in [0.29, 0.717) is 43.5 Å². The normalized spacial score (nSPS) is 25.4. The molecule has 0 aromatic heterocycles. The van der Waals surface area contributed by atoms with E-state index in [1.807, 2.05) is 18.2 Å². The van der Waals surface area contributed by atoms with Gasteiger partial charge in [0.05, 0.1) is 18.9 Å². The number of rotatable bonds is 2. The lowest BCUT2D eigenvalue weighted by Gasteiger charge is -2.32. The Morgan fingerprint density at radius 3 is 2.76 bits per heavy atom. The molecule has 0 N–H and O–H groups in total. The average molecular weight is 309 g/mol. The van der Waals surface area contributed by atoms with E-state index < -0.39 is 5.60 Å². The van der Waals surface area contributed by atoms with E-state index in [1.165, 1.54) is 0 Å². The fourth-order valence-corrected chi connectivity index (χ4v) is 2.84. The van der Waals surface area contributed by atoms with Crippen LogP contribution in [0.3, 0.4) is 0 Å². The molecule has 0 radical (unpaired) electrons. The van der Waals surface area contributed by atoms with Crippen molar-refractivity contribution in [3.63, 3.8) is 0 Å². The predicted octanol–water partition coefficient (Wildman–Crippen LogP) is 2.08. The number of morpholine rings is 1. The maximum Gasteiger partial charge on any atom is 0.269 e. The Balaban J connectivity index is 1.75. The maximum atomic E-state index is 12.6. The molecule has 2 aliphatic heterocycles. The number of carbonyl (C=O) groups is 1. The molecule has 1 amide bonds. The maximum absolute atomic E-state index is 12.6. The number of amides is 1. The molecular weight excluding hydrogens is 292 g/mol. The van der Waals surface area contributed by atoms with Gasteiger partial charge in [-0.3, -0.25) is 4.79 Å². The van der Waals surface area contributed by atoms with E-state index in [-0.39, 0.29) is 5.91 Å². The molecule has 6 heteroatoms. The molecule has 1 fully saturated rings. The number of hydrogen-bond donors (Lipinski definition) is 0. The standard InChI is InChI=1S/C15H17ClN2O3/c1-15(14(19)18-6-8-20-9-7-18)10-13(17-21-15)11-4-2-3-5-12(11)16/h2-5H,6-10H2,1H3/t15-/m0/s1. The van der Waals surface area contributed by atoms with Crippen molar-refractivity contribution in [1.29, 1.82) is 0 Å². The Bertz CT molecular complexity index is 584. The van der Waals surface area contributed by atoms with Crippen molar-refractivity contribution < 1.29 is 14.4 Å². The minimum atomic E-state index is -0.953. The summed E-state index contributed by atoms with van der Waals surface area (Å²) < 4.78 is 5.27. The smallest absolute Gasteiger partial charge is 0.269 e. The quantitative estimate of drug-likeness (QED) is 0.840. The number of oxime groups is 1. The Morgan fingerprint density at radius 2 is 2.05 bits per heavy atom. The van der Waals surface area contributed by atoms with E-state index in [2.05, 4.69) is 5.16 Å². The molecule has 0 aliphatic carbocycles. The van der Waals surface area contributed by atoms with Gasteiger partial charge in [0.25, 0.3) is 5.91 Å². The van der Waals surface area contributed by atoms with Gasteiger partial charge in [0.2, 0.25) is 5.60 Å². The molecule has 2 heterocycles. The highest BCUT2D eigenvalue weighted by Gasteiger charge is 2.45. The molecule has 0 saturated carbocycles. The van der Waals surface area contributed by atoms with Crippen LogP contribution in [0, 0.1) is 0 Å². The summed E-state index contributed by atoms with van der Waals surface area (Å²) in [4.78, 5) is 19.9. The Morgan fingerprint density at radius 1 is 1.33 bits per heavy atom. The Hall–Kier alpha value is -1.59. The van der Waals surface area contributed by atoms with Gasteiger partial charge >= 0.3 is 0 Å². The molecule has 0 spiro atoms. The van der Waals surface area contributed by atoms with Crippen LogP contribution < -0.4 is 0 Å². The molecule has 0 unspecified atom stereocenters. The molecule has 21 heavy (non-hydrogen) atoms. The second kappa shape index (κ2) is 5.66. The van der Waals surface area contributed by atoms with Crippen LogP contribution in [-0.4, -0.2) is 48.4 Å². The van der Waals surface area contributed by atoms with Crippen LogP contribution in [0.2, 0.25) is 5.02 Å². The third-order valence-electron chi connectivity index (χ3n) is 3.80. The van der Waals surface area contributed by atoms with E-state index in [0.717, 1.165) is 5.56 Å². The lowest BCUT2D eigenvalue weighted by Crippen LogP contribution is -2.51. The number of nitrogens with zero attached hydrogens (tertiary/aromatic N) is 2. The first-order valence-corrected chi connectivity index (χ1v) is 7.35. The van der Waals surface area contributed by atoms with Crippen molar-refractivity contribution in [3.05, 3.63) is 34.9 Å². The van der Waals surface area contributed by atoms with Crippen molar-refractivity contribution in [2.75, 3.05) is 26.3 Å². The van der Waals surface area contributed by atoms with Crippen LogP contribution in [0.1, 0.15) is 18.9 Å². The zero-order valence-corrected chi connectivity index (χ0v) is 12.6. The van der Waals surface area contributed by atoms with Gasteiger partial charge in [-0.25, -0.2) is 0 Å². The van der Waals surface area contributed by atoms with Gasteiger partial charge in [0, 0.05) is 30.1 Å². The fourth-order valence-electron chi connectivity index (χ4n) is 2.60. The number of hydrogen-bond acceptors (Lipinski definition) is 4. The second-order valence-corrected chi connectivity index (χ2v) is 5.83. The average Bonchev–Trinajstić information content (AvgIpc) is 2.91. The molecule has 112 valence electrons. The van der Waals surface area contributed by atoms with E-state index in [9.17, 15) is 4.79 Å². The van der Waals surface area contributed by atoms with Gasteiger partial charge in [0.15, 0.2) is 0 Å². The van der Waals surface area contributed by atoms with Crippen molar-refractivity contribution in [2.45, 2.75) is 18.9 Å². The van der Waals surface area contributed by atoms with Gasteiger partial charge < -0.3 is 14.5 Å². The van der Waals surface area contributed by atoms with Gasteiger partial charge in [-0.2, -0.15) is 0 Å². The number of halogens is 1. The first-order chi connectivity index (χ1) is 10.1. The van der Waals surface area contributed by atoms with E-state index in [4.69, 9.17) is 21.2 Å². The third-order valence-corrected chi connectivity index (χ3v) is 4.13. The highest BCUT2D eigenvalue weighted by molar-refractivity contribution is 6.34. The van der Waals surface area contributed by atoms with E-state index in [1.54, 1.807) is 17.9 Å². The minimum absolute atomic E-state index is 0.0448. The largest absolute Gasteiger partial charge is 0.379 e. The minimum Gasteiger partial charge on any atom is -0.379 e. The fraction of sp³-hybridized carbons (Fsp3) is 0.467. The molecule has 1 aromatic rings. The van der Waals surface area contributed by atoms with Crippen molar-refractivity contribution in [2.24, 2.45) is 5.16 Å². The summed E-state index contributed by atoms with van der Waals surface area (Å²) in [6.07, 6.45) is 0.424.